The molecule has 0 spiro atoms. The summed E-state index contributed by atoms with van der Waals surface area (Å²) in [6.07, 6.45) is 2.86. The minimum absolute atomic E-state index is 0.156. The fraction of sp³-hybridized carbons (Fsp3) is 0.308. The lowest BCUT2D eigenvalue weighted by Crippen LogP contribution is -2.20. The van der Waals surface area contributed by atoms with Crippen molar-refractivity contribution in [2.75, 3.05) is 6.61 Å². The standard InChI is InChI=1S/C13H12O2/c14-12-11(9-4-2-1-3-5-9)8-10-6-7-15-13(10)12/h1-5,8,10,13H,6-7H2. The van der Waals surface area contributed by atoms with Crippen molar-refractivity contribution in [2.24, 2.45) is 5.92 Å². The van der Waals surface area contributed by atoms with Crippen LogP contribution in [0.15, 0.2) is 36.4 Å². The lowest BCUT2D eigenvalue weighted by atomic mass is 10.0. The molecule has 0 N–H and O–H groups in total. The van der Waals surface area contributed by atoms with Crippen molar-refractivity contribution in [3.05, 3.63) is 42.0 Å². The van der Waals surface area contributed by atoms with Gasteiger partial charge in [0.1, 0.15) is 6.10 Å². The van der Waals surface area contributed by atoms with Gasteiger partial charge < -0.3 is 4.74 Å². The number of carbonyl (C=O) groups is 1. The van der Waals surface area contributed by atoms with Gasteiger partial charge in [0.15, 0.2) is 5.78 Å². The van der Waals surface area contributed by atoms with Gasteiger partial charge in [0, 0.05) is 18.1 Å². The van der Waals surface area contributed by atoms with Gasteiger partial charge in [0.2, 0.25) is 0 Å². The Balaban J connectivity index is 1.98. The van der Waals surface area contributed by atoms with Gasteiger partial charge in [-0.15, -0.1) is 0 Å². The third-order valence-electron chi connectivity index (χ3n) is 3.13. The van der Waals surface area contributed by atoms with E-state index in [1.54, 1.807) is 0 Å². The molecule has 2 unspecified atom stereocenters. The highest BCUT2D eigenvalue weighted by Gasteiger charge is 2.40. The Morgan fingerprint density at radius 3 is 2.73 bits per heavy atom. The van der Waals surface area contributed by atoms with Crippen molar-refractivity contribution >= 4 is 11.4 Å². The predicted molar refractivity (Wildman–Crippen MR) is 57.3 cm³/mol. The normalized spacial score (nSPS) is 29.1. The maximum absolute atomic E-state index is 12.0. The number of fused-ring (bicyclic) bond motifs is 1. The summed E-state index contributed by atoms with van der Waals surface area (Å²) in [4.78, 5) is 12.0. The molecule has 0 saturated carbocycles. The molecule has 3 rings (SSSR count). The Labute approximate surface area is 88.6 Å². The summed E-state index contributed by atoms with van der Waals surface area (Å²) in [6, 6.07) is 9.83. The first-order chi connectivity index (χ1) is 7.36. The van der Waals surface area contributed by atoms with Crippen LogP contribution in [-0.4, -0.2) is 18.5 Å². The number of ether oxygens (including phenoxy) is 1. The molecule has 1 aromatic rings. The number of Topliss-reactive ketones (excluding diaryl/α,β-unsaturated/α-hetero) is 1. The van der Waals surface area contributed by atoms with Crippen LogP contribution in [0.1, 0.15) is 12.0 Å². The first-order valence-corrected chi connectivity index (χ1v) is 5.29. The minimum Gasteiger partial charge on any atom is -0.369 e. The number of hydrogen-bond acceptors (Lipinski definition) is 2. The largest absolute Gasteiger partial charge is 0.369 e. The first kappa shape index (κ1) is 8.86. The maximum atomic E-state index is 12.0. The lowest BCUT2D eigenvalue weighted by Gasteiger charge is -2.06. The molecule has 15 heavy (non-hydrogen) atoms. The zero-order valence-electron chi connectivity index (χ0n) is 8.35. The van der Waals surface area contributed by atoms with Crippen molar-refractivity contribution in [2.45, 2.75) is 12.5 Å². The maximum Gasteiger partial charge on any atom is 0.192 e. The average Bonchev–Trinajstić information content (AvgIpc) is 2.83. The van der Waals surface area contributed by atoms with Crippen molar-refractivity contribution in [1.82, 2.24) is 0 Å². The second-order valence-electron chi connectivity index (χ2n) is 4.05. The van der Waals surface area contributed by atoms with Crippen LogP contribution in [0.4, 0.5) is 0 Å². The second kappa shape index (κ2) is 3.31. The number of carbonyl (C=O) groups excluding carboxylic acids is 1. The Hall–Kier alpha value is -1.41. The van der Waals surface area contributed by atoms with E-state index in [1.165, 1.54) is 0 Å². The monoisotopic (exact) mass is 200 g/mol. The summed E-state index contributed by atoms with van der Waals surface area (Å²) in [5.41, 5.74) is 1.85. The molecule has 2 aliphatic rings. The summed E-state index contributed by atoms with van der Waals surface area (Å²) in [7, 11) is 0. The Kier molecular flexibility index (Phi) is 1.96. The second-order valence-corrected chi connectivity index (χ2v) is 4.05. The molecule has 2 heteroatoms. The molecule has 2 atom stereocenters. The number of ketones is 1. The molecule has 1 aliphatic heterocycles. The van der Waals surface area contributed by atoms with Gasteiger partial charge in [-0.25, -0.2) is 0 Å². The molecule has 1 heterocycles. The van der Waals surface area contributed by atoms with Gasteiger partial charge in [-0.1, -0.05) is 36.4 Å². The fourth-order valence-corrected chi connectivity index (χ4v) is 2.35. The van der Waals surface area contributed by atoms with Crippen LogP contribution in [0.3, 0.4) is 0 Å². The van der Waals surface area contributed by atoms with E-state index in [2.05, 4.69) is 6.08 Å². The van der Waals surface area contributed by atoms with Gasteiger partial charge in [0.25, 0.3) is 0 Å². The van der Waals surface area contributed by atoms with Crippen molar-refractivity contribution in [3.63, 3.8) is 0 Å². The highest BCUT2D eigenvalue weighted by atomic mass is 16.5. The molecular weight excluding hydrogens is 188 g/mol. The minimum atomic E-state index is -0.194. The van der Waals surface area contributed by atoms with E-state index >= 15 is 0 Å². The average molecular weight is 200 g/mol. The number of benzene rings is 1. The molecular formula is C13H12O2. The SMILES string of the molecule is O=C1C(c2ccccc2)=CC2CCOC12. The Bertz CT molecular complexity index is 419. The number of rotatable bonds is 1. The van der Waals surface area contributed by atoms with Gasteiger partial charge in [-0.2, -0.15) is 0 Å². The lowest BCUT2D eigenvalue weighted by molar-refractivity contribution is -0.122. The van der Waals surface area contributed by atoms with Crippen LogP contribution in [0.25, 0.3) is 5.57 Å². The van der Waals surface area contributed by atoms with E-state index in [0.717, 1.165) is 24.2 Å². The highest BCUT2D eigenvalue weighted by Crippen LogP contribution is 2.36. The molecule has 1 saturated heterocycles. The van der Waals surface area contributed by atoms with Crippen LogP contribution in [-0.2, 0) is 9.53 Å². The van der Waals surface area contributed by atoms with E-state index in [9.17, 15) is 4.79 Å². The third-order valence-corrected chi connectivity index (χ3v) is 3.13. The summed E-state index contributed by atoms with van der Waals surface area (Å²) in [5.74, 6) is 0.469. The van der Waals surface area contributed by atoms with Crippen molar-refractivity contribution in [1.29, 1.82) is 0 Å². The third kappa shape index (κ3) is 1.33. The smallest absolute Gasteiger partial charge is 0.192 e. The topological polar surface area (TPSA) is 26.3 Å². The van der Waals surface area contributed by atoms with Crippen LogP contribution < -0.4 is 0 Å². The van der Waals surface area contributed by atoms with Crippen LogP contribution in [0.5, 0.6) is 0 Å². The van der Waals surface area contributed by atoms with E-state index in [4.69, 9.17) is 4.74 Å². The van der Waals surface area contributed by atoms with Gasteiger partial charge in [-0.05, 0) is 12.0 Å². The molecule has 0 aromatic heterocycles. The van der Waals surface area contributed by atoms with E-state index in [0.29, 0.717) is 5.92 Å². The quantitative estimate of drug-likeness (QED) is 0.693. The molecule has 2 nitrogen and oxygen atoms in total. The molecule has 1 aliphatic carbocycles. The van der Waals surface area contributed by atoms with Crippen molar-refractivity contribution in [3.8, 4) is 0 Å². The van der Waals surface area contributed by atoms with E-state index in [1.807, 2.05) is 30.3 Å². The van der Waals surface area contributed by atoms with Gasteiger partial charge in [0.05, 0.1) is 0 Å². The van der Waals surface area contributed by atoms with Crippen LogP contribution >= 0.6 is 0 Å². The van der Waals surface area contributed by atoms with E-state index < -0.39 is 0 Å². The van der Waals surface area contributed by atoms with Crippen LogP contribution in [0, 0.1) is 5.92 Å². The zero-order chi connectivity index (χ0) is 10.3. The van der Waals surface area contributed by atoms with Crippen molar-refractivity contribution < 1.29 is 9.53 Å². The predicted octanol–water partition coefficient (Wildman–Crippen LogP) is 2.06. The molecule has 0 amide bonds. The molecule has 1 aromatic carbocycles. The molecule has 0 bridgehead atoms. The summed E-state index contributed by atoms with van der Waals surface area (Å²) >= 11 is 0. The summed E-state index contributed by atoms with van der Waals surface area (Å²) < 4.78 is 5.44. The van der Waals surface area contributed by atoms with Crippen LogP contribution in [0.2, 0.25) is 0 Å². The van der Waals surface area contributed by atoms with E-state index in [-0.39, 0.29) is 11.9 Å². The highest BCUT2D eigenvalue weighted by molar-refractivity contribution is 6.25. The molecule has 1 fully saturated rings. The fourth-order valence-electron chi connectivity index (χ4n) is 2.35. The summed E-state index contributed by atoms with van der Waals surface area (Å²) in [6.45, 7) is 0.722. The van der Waals surface area contributed by atoms with Gasteiger partial charge in [-0.3, -0.25) is 4.79 Å². The first-order valence-electron chi connectivity index (χ1n) is 5.29. The Morgan fingerprint density at radius 2 is 2.00 bits per heavy atom. The molecule has 76 valence electrons. The summed E-state index contributed by atoms with van der Waals surface area (Å²) in [5, 5.41) is 0. The Morgan fingerprint density at radius 1 is 1.20 bits per heavy atom. The number of hydrogen-bond donors (Lipinski definition) is 0. The van der Waals surface area contributed by atoms with Gasteiger partial charge >= 0.3 is 0 Å². The molecule has 0 radical (unpaired) electrons. The zero-order valence-corrected chi connectivity index (χ0v) is 8.35.